The molecule has 0 bridgehead atoms. The monoisotopic (exact) mass is 1210 g/mol. The average molecular weight is 1210 g/mol. The first kappa shape index (κ1) is 76.7. The van der Waals surface area contributed by atoms with E-state index in [0.717, 1.165) is 44.9 Å². The minimum atomic E-state index is -1.98. The van der Waals surface area contributed by atoms with Gasteiger partial charge in [-0.05, 0) is 71.1 Å². The van der Waals surface area contributed by atoms with Gasteiger partial charge in [-0.1, -0.05) is 203 Å². The molecule has 3 saturated heterocycles. The second-order valence-electron chi connectivity index (χ2n) is 23.6. The van der Waals surface area contributed by atoms with Crippen LogP contribution in [0.15, 0.2) is 60.8 Å². The third-order valence-corrected chi connectivity index (χ3v) is 16.4. The molecule has 0 spiro atoms. The molecule has 494 valence electrons. The molecule has 19 heteroatoms. The van der Waals surface area contributed by atoms with Crippen LogP contribution in [0, 0.1) is 0 Å². The number of aliphatic hydroxyl groups excluding tert-OH is 11. The Hall–Kier alpha value is -2.51. The van der Waals surface area contributed by atoms with Crippen LogP contribution in [0.25, 0.3) is 0 Å². The Labute approximate surface area is 509 Å². The summed E-state index contributed by atoms with van der Waals surface area (Å²) in [6.07, 6.45) is 31.3. The standard InChI is InChI=1S/C66H117NO18/c1-3-5-7-9-11-13-14-15-16-17-18-19-20-21-22-23-24-25-26-27-28-29-30-31-32-33-34-36-38-40-42-44-54(72)67-49(50(71)43-41-39-37-35-12-10-8-6-4-2)48-80-64-60(78)57(75)62(52(46-69)82-64)85-66-61(79)58(76)63(53(47-70)83-66)84-65-59(77)56(74)55(73)51(45-68)81-65/h4,6,12,14-15,17-18,35,41,43,49-53,55-66,68-71,73-79H,3,5,7-11,13,16,19-34,36-40,42,44-48H2,1-2H3,(H,67,72)/b6-4+,15-14-,18-17-,35-12+,43-41+. The van der Waals surface area contributed by atoms with Gasteiger partial charge in [0.2, 0.25) is 5.91 Å². The molecule has 85 heavy (non-hydrogen) atoms. The fraction of sp³-hybridized carbons (Fsp3) is 0.833. The zero-order chi connectivity index (χ0) is 61.9. The lowest BCUT2D eigenvalue weighted by molar-refractivity contribution is -0.379. The molecule has 3 aliphatic heterocycles. The van der Waals surface area contributed by atoms with E-state index in [4.69, 9.17) is 28.4 Å². The first-order valence-corrected chi connectivity index (χ1v) is 33.0. The van der Waals surface area contributed by atoms with Crippen molar-refractivity contribution in [2.24, 2.45) is 0 Å². The first-order valence-electron chi connectivity index (χ1n) is 33.0. The highest BCUT2D eigenvalue weighted by atomic mass is 16.8. The maximum absolute atomic E-state index is 13.3. The maximum atomic E-state index is 13.3. The Morgan fingerprint density at radius 2 is 0.835 bits per heavy atom. The summed E-state index contributed by atoms with van der Waals surface area (Å²) in [7, 11) is 0. The van der Waals surface area contributed by atoms with Crippen molar-refractivity contribution in [1.82, 2.24) is 5.32 Å². The molecule has 3 fully saturated rings. The number of unbranched alkanes of at least 4 members (excludes halogenated alkanes) is 26. The van der Waals surface area contributed by atoms with Gasteiger partial charge in [-0.15, -0.1) is 0 Å². The second-order valence-corrected chi connectivity index (χ2v) is 23.6. The van der Waals surface area contributed by atoms with Crippen LogP contribution in [-0.2, 0) is 33.2 Å². The number of carbonyl (C=O) groups excluding carboxylic acids is 1. The average Bonchev–Trinajstić information content (AvgIpc) is 3.55. The second kappa shape index (κ2) is 48.4. The highest BCUT2D eigenvalue weighted by Gasteiger charge is 2.53. The van der Waals surface area contributed by atoms with Gasteiger partial charge in [0.15, 0.2) is 18.9 Å². The molecule has 1 amide bonds. The minimum absolute atomic E-state index is 0.232. The summed E-state index contributed by atoms with van der Waals surface area (Å²) in [5, 5.41) is 120. The van der Waals surface area contributed by atoms with Crippen LogP contribution in [-0.4, -0.2) is 193 Å². The van der Waals surface area contributed by atoms with Crippen molar-refractivity contribution in [3.63, 3.8) is 0 Å². The smallest absolute Gasteiger partial charge is 0.220 e. The van der Waals surface area contributed by atoms with Crippen molar-refractivity contribution < 1.29 is 89.4 Å². The summed E-state index contributed by atoms with van der Waals surface area (Å²) < 4.78 is 34.2. The van der Waals surface area contributed by atoms with Gasteiger partial charge >= 0.3 is 0 Å². The molecule has 0 aliphatic carbocycles. The fourth-order valence-electron chi connectivity index (χ4n) is 11.0. The van der Waals surface area contributed by atoms with E-state index in [-0.39, 0.29) is 18.9 Å². The molecule has 0 saturated carbocycles. The van der Waals surface area contributed by atoms with Crippen molar-refractivity contribution in [3.8, 4) is 0 Å². The molecule has 17 unspecified atom stereocenters. The molecular formula is C66H117NO18. The van der Waals surface area contributed by atoms with Crippen LogP contribution in [0.4, 0.5) is 0 Å². The van der Waals surface area contributed by atoms with Gasteiger partial charge in [0, 0.05) is 6.42 Å². The van der Waals surface area contributed by atoms with Crippen LogP contribution in [0.3, 0.4) is 0 Å². The van der Waals surface area contributed by atoms with Gasteiger partial charge in [0.1, 0.15) is 73.2 Å². The van der Waals surface area contributed by atoms with Gasteiger partial charge in [-0.25, -0.2) is 0 Å². The van der Waals surface area contributed by atoms with Crippen molar-refractivity contribution in [3.05, 3.63) is 60.8 Å². The number of amides is 1. The van der Waals surface area contributed by atoms with E-state index in [1.165, 1.54) is 141 Å². The molecule has 3 rings (SSSR count). The van der Waals surface area contributed by atoms with Crippen LogP contribution in [0.1, 0.15) is 219 Å². The van der Waals surface area contributed by atoms with E-state index in [0.29, 0.717) is 12.8 Å². The number of aliphatic hydroxyl groups is 11. The van der Waals surface area contributed by atoms with Gasteiger partial charge < -0.3 is 89.9 Å². The lowest BCUT2D eigenvalue weighted by atomic mass is 9.96. The topological polar surface area (TPSA) is 307 Å². The van der Waals surface area contributed by atoms with E-state index < -0.39 is 124 Å². The number of hydrogen-bond acceptors (Lipinski definition) is 18. The van der Waals surface area contributed by atoms with E-state index >= 15 is 0 Å². The molecule has 19 nitrogen and oxygen atoms in total. The Bertz CT molecular complexity index is 1780. The van der Waals surface area contributed by atoms with Crippen molar-refractivity contribution in [1.29, 1.82) is 0 Å². The molecular weight excluding hydrogens is 1090 g/mol. The largest absolute Gasteiger partial charge is 0.394 e. The Morgan fingerprint density at radius 1 is 0.447 bits per heavy atom. The summed E-state index contributed by atoms with van der Waals surface area (Å²) in [4.78, 5) is 13.3. The number of hydrogen-bond donors (Lipinski definition) is 12. The zero-order valence-electron chi connectivity index (χ0n) is 51.8. The molecule has 0 radical (unpaired) electrons. The van der Waals surface area contributed by atoms with E-state index in [2.05, 4.69) is 54.8 Å². The summed E-state index contributed by atoms with van der Waals surface area (Å²) in [5.41, 5.74) is 0. The Balaban J connectivity index is 1.34. The molecule has 3 heterocycles. The van der Waals surface area contributed by atoms with E-state index in [9.17, 15) is 61.0 Å². The van der Waals surface area contributed by atoms with Crippen molar-refractivity contribution in [2.45, 2.75) is 324 Å². The van der Waals surface area contributed by atoms with Crippen LogP contribution in [0.5, 0.6) is 0 Å². The predicted octanol–water partition coefficient (Wildman–Crippen LogP) is 7.60. The summed E-state index contributed by atoms with van der Waals surface area (Å²) >= 11 is 0. The van der Waals surface area contributed by atoms with Crippen LogP contribution < -0.4 is 5.32 Å². The van der Waals surface area contributed by atoms with Crippen molar-refractivity contribution >= 4 is 5.91 Å². The summed E-state index contributed by atoms with van der Waals surface area (Å²) in [5.74, 6) is -0.292. The highest BCUT2D eigenvalue weighted by molar-refractivity contribution is 5.76. The molecule has 17 atom stereocenters. The fourth-order valence-corrected chi connectivity index (χ4v) is 11.0. The maximum Gasteiger partial charge on any atom is 0.220 e. The number of carbonyl (C=O) groups is 1. The van der Waals surface area contributed by atoms with Gasteiger partial charge in [0.25, 0.3) is 0 Å². The Kier molecular flexibility index (Phi) is 43.7. The summed E-state index contributed by atoms with van der Waals surface area (Å²) in [6, 6.07) is -0.995. The number of allylic oxidation sites excluding steroid dienone is 9. The van der Waals surface area contributed by atoms with E-state index in [1.807, 2.05) is 19.1 Å². The number of rotatable bonds is 49. The zero-order valence-corrected chi connectivity index (χ0v) is 51.8. The lowest BCUT2D eigenvalue weighted by Gasteiger charge is -2.48. The number of nitrogens with one attached hydrogen (secondary N) is 1. The molecule has 0 aromatic heterocycles. The van der Waals surface area contributed by atoms with Gasteiger partial charge in [-0.3, -0.25) is 4.79 Å². The third kappa shape index (κ3) is 31.2. The predicted molar refractivity (Wildman–Crippen MR) is 328 cm³/mol. The molecule has 0 aromatic carbocycles. The van der Waals surface area contributed by atoms with Crippen molar-refractivity contribution in [2.75, 3.05) is 26.4 Å². The summed E-state index contributed by atoms with van der Waals surface area (Å²) in [6.45, 7) is 1.44. The molecule has 3 aliphatic rings. The van der Waals surface area contributed by atoms with Crippen LogP contribution >= 0.6 is 0 Å². The Morgan fingerprint density at radius 3 is 1.31 bits per heavy atom. The minimum Gasteiger partial charge on any atom is -0.394 e. The molecule has 12 N–H and O–H groups in total. The quantitative estimate of drug-likeness (QED) is 0.0206. The van der Waals surface area contributed by atoms with Gasteiger partial charge in [0.05, 0.1) is 38.6 Å². The first-order chi connectivity index (χ1) is 41.3. The normalized spacial score (nSPS) is 29.4. The SMILES string of the molecule is C/C=C/CC/C=C/CC/C=C/C(O)C(COC1OC(CO)C(OC2OC(CO)C(OC3OC(CO)C(O)C(O)C3O)C(O)C2O)C(O)C1O)NC(=O)CCCCCCCCCCCCCCCCCCCCC/C=C\C/C=C\CCCCCCC. The van der Waals surface area contributed by atoms with E-state index in [1.54, 1.807) is 6.08 Å². The number of ether oxygens (including phenoxy) is 6. The van der Waals surface area contributed by atoms with Crippen LogP contribution in [0.2, 0.25) is 0 Å². The highest BCUT2D eigenvalue weighted by Crippen LogP contribution is 2.33. The lowest BCUT2D eigenvalue weighted by Crippen LogP contribution is -2.66. The van der Waals surface area contributed by atoms with Gasteiger partial charge in [-0.2, -0.15) is 0 Å². The molecule has 0 aromatic rings. The third-order valence-electron chi connectivity index (χ3n) is 16.4.